The van der Waals surface area contributed by atoms with Crippen molar-refractivity contribution in [2.45, 2.75) is 32.8 Å². The molecule has 0 saturated carbocycles. The molecule has 1 aromatic carbocycles. The van der Waals surface area contributed by atoms with Crippen molar-refractivity contribution in [3.63, 3.8) is 0 Å². The second kappa shape index (κ2) is 4.11. The van der Waals surface area contributed by atoms with Crippen LogP contribution in [0.3, 0.4) is 0 Å². The zero-order valence-corrected chi connectivity index (χ0v) is 9.17. The second-order valence-electron chi connectivity index (χ2n) is 4.30. The van der Waals surface area contributed by atoms with Crippen LogP contribution in [-0.4, -0.2) is 17.3 Å². The van der Waals surface area contributed by atoms with Gasteiger partial charge in [-0.25, -0.2) is 0 Å². The first-order valence-electron chi connectivity index (χ1n) is 4.93. The summed E-state index contributed by atoms with van der Waals surface area (Å²) in [5.74, 6) is 0. The Morgan fingerprint density at radius 1 is 1.29 bits per heavy atom. The summed E-state index contributed by atoms with van der Waals surface area (Å²) in [6.07, 6.45) is 0.616. The molecule has 0 aliphatic carbocycles. The number of hydrogen-bond acceptors (Lipinski definition) is 2. The molecule has 0 heterocycles. The molecule has 0 fully saturated rings. The number of aliphatic hydroxyl groups is 1. The molecule has 0 aliphatic heterocycles. The minimum absolute atomic E-state index is 0.292. The van der Waals surface area contributed by atoms with Gasteiger partial charge in [0.05, 0.1) is 5.60 Å². The molecule has 0 bridgehead atoms. The van der Waals surface area contributed by atoms with E-state index in [-0.39, 0.29) is 0 Å². The smallest absolute Gasteiger partial charge is 0.0781 e. The van der Waals surface area contributed by atoms with Gasteiger partial charge >= 0.3 is 0 Å². The van der Waals surface area contributed by atoms with Crippen molar-refractivity contribution < 1.29 is 5.11 Å². The SMILES string of the molecule is Cc1ccc(CC(C)(O)CN)cc1C. The van der Waals surface area contributed by atoms with E-state index in [1.54, 1.807) is 6.92 Å². The average molecular weight is 193 g/mol. The molecule has 78 valence electrons. The highest BCUT2D eigenvalue weighted by Crippen LogP contribution is 2.15. The van der Waals surface area contributed by atoms with Crippen LogP contribution >= 0.6 is 0 Å². The predicted octanol–water partition coefficient (Wildman–Crippen LogP) is 1.56. The first-order chi connectivity index (χ1) is 6.44. The van der Waals surface area contributed by atoms with Gasteiger partial charge in [0.15, 0.2) is 0 Å². The van der Waals surface area contributed by atoms with Gasteiger partial charge in [0, 0.05) is 13.0 Å². The van der Waals surface area contributed by atoms with Crippen LogP contribution in [0.15, 0.2) is 18.2 Å². The second-order valence-corrected chi connectivity index (χ2v) is 4.30. The summed E-state index contributed by atoms with van der Waals surface area (Å²) in [5.41, 5.74) is 8.36. The van der Waals surface area contributed by atoms with Crippen molar-refractivity contribution in [2.75, 3.05) is 6.54 Å². The molecule has 0 amide bonds. The molecule has 2 heteroatoms. The Hall–Kier alpha value is -0.860. The van der Waals surface area contributed by atoms with Crippen LogP contribution in [0.2, 0.25) is 0 Å². The summed E-state index contributed by atoms with van der Waals surface area (Å²) in [6.45, 7) is 6.22. The molecule has 1 aromatic rings. The molecule has 0 radical (unpaired) electrons. The van der Waals surface area contributed by atoms with E-state index in [1.165, 1.54) is 11.1 Å². The van der Waals surface area contributed by atoms with Crippen LogP contribution in [0.25, 0.3) is 0 Å². The Balaban J connectivity index is 2.83. The maximum absolute atomic E-state index is 9.81. The van der Waals surface area contributed by atoms with Crippen LogP contribution in [0.5, 0.6) is 0 Å². The normalized spacial score (nSPS) is 15.2. The van der Waals surface area contributed by atoms with Gasteiger partial charge in [-0.15, -0.1) is 0 Å². The monoisotopic (exact) mass is 193 g/mol. The molecule has 3 N–H and O–H groups in total. The lowest BCUT2D eigenvalue weighted by molar-refractivity contribution is 0.0696. The van der Waals surface area contributed by atoms with Crippen LogP contribution in [0.1, 0.15) is 23.6 Å². The van der Waals surface area contributed by atoms with E-state index in [4.69, 9.17) is 5.73 Å². The van der Waals surface area contributed by atoms with E-state index in [1.807, 2.05) is 6.07 Å². The van der Waals surface area contributed by atoms with Crippen LogP contribution < -0.4 is 5.73 Å². The van der Waals surface area contributed by atoms with E-state index in [0.29, 0.717) is 13.0 Å². The van der Waals surface area contributed by atoms with Gasteiger partial charge in [0.1, 0.15) is 0 Å². The third-order valence-corrected chi connectivity index (χ3v) is 2.60. The molecule has 1 unspecified atom stereocenters. The van der Waals surface area contributed by atoms with Gasteiger partial charge in [-0.05, 0) is 37.5 Å². The van der Waals surface area contributed by atoms with Crippen molar-refractivity contribution >= 4 is 0 Å². The standard InChI is InChI=1S/C12H19NO/c1-9-4-5-11(6-10(9)2)7-12(3,14)8-13/h4-6,14H,7-8,13H2,1-3H3. The Labute approximate surface area is 85.8 Å². The fourth-order valence-corrected chi connectivity index (χ4v) is 1.43. The summed E-state index contributed by atoms with van der Waals surface area (Å²) in [6, 6.07) is 6.24. The average Bonchev–Trinajstić information content (AvgIpc) is 2.11. The Bertz CT molecular complexity index is 318. The molecule has 0 spiro atoms. The van der Waals surface area contributed by atoms with Gasteiger partial charge in [-0.3, -0.25) is 0 Å². The zero-order valence-electron chi connectivity index (χ0n) is 9.17. The number of hydrogen-bond donors (Lipinski definition) is 2. The first-order valence-corrected chi connectivity index (χ1v) is 4.93. The van der Waals surface area contributed by atoms with Gasteiger partial charge in [0.25, 0.3) is 0 Å². The highest BCUT2D eigenvalue weighted by Gasteiger charge is 2.18. The summed E-state index contributed by atoms with van der Waals surface area (Å²) < 4.78 is 0. The molecule has 0 aliphatic rings. The van der Waals surface area contributed by atoms with Crippen molar-refractivity contribution in [1.29, 1.82) is 0 Å². The lowest BCUT2D eigenvalue weighted by Crippen LogP contribution is -2.36. The molecule has 1 atom stereocenters. The third-order valence-electron chi connectivity index (χ3n) is 2.60. The molecular weight excluding hydrogens is 174 g/mol. The summed E-state index contributed by atoms with van der Waals surface area (Å²) >= 11 is 0. The fraction of sp³-hybridized carbons (Fsp3) is 0.500. The van der Waals surface area contributed by atoms with Crippen LogP contribution in [0, 0.1) is 13.8 Å². The minimum atomic E-state index is -0.790. The summed E-state index contributed by atoms with van der Waals surface area (Å²) in [4.78, 5) is 0. The van der Waals surface area contributed by atoms with Crippen LogP contribution in [0.4, 0.5) is 0 Å². The van der Waals surface area contributed by atoms with Gasteiger partial charge in [0.2, 0.25) is 0 Å². The van der Waals surface area contributed by atoms with Crippen molar-refractivity contribution in [3.8, 4) is 0 Å². The van der Waals surface area contributed by atoms with E-state index in [9.17, 15) is 5.11 Å². The van der Waals surface area contributed by atoms with E-state index < -0.39 is 5.60 Å². The largest absolute Gasteiger partial charge is 0.389 e. The maximum atomic E-state index is 9.81. The predicted molar refractivity (Wildman–Crippen MR) is 59.3 cm³/mol. The van der Waals surface area contributed by atoms with E-state index >= 15 is 0 Å². The van der Waals surface area contributed by atoms with E-state index in [2.05, 4.69) is 26.0 Å². The minimum Gasteiger partial charge on any atom is -0.389 e. The third kappa shape index (κ3) is 2.82. The number of aryl methyl sites for hydroxylation is 2. The number of nitrogens with two attached hydrogens (primary N) is 1. The Kier molecular flexibility index (Phi) is 3.29. The van der Waals surface area contributed by atoms with Crippen molar-refractivity contribution in [2.24, 2.45) is 5.73 Å². The highest BCUT2D eigenvalue weighted by molar-refractivity contribution is 5.30. The Morgan fingerprint density at radius 2 is 1.93 bits per heavy atom. The molecular formula is C12H19NO. The lowest BCUT2D eigenvalue weighted by atomic mass is 9.94. The summed E-state index contributed by atoms with van der Waals surface area (Å²) in [7, 11) is 0. The van der Waals surface area contributed by atoms with Gasteiger partial charge in [-0.2, -0.15) is 0 Å². The maximum Gasteiger partial charge on any atom is 0.0781 e. The molecule has 0 aromatic heterocycles. The lowest BCUT2D eigenvalue weighted by Gasteiger charge is -2.21. The summed E-state index contributed by atoms with van der Waals surface area (Å²) in [5, 5.41) is 9.81. The van der Waals surface area contributed by atoms with Crippen molar-refractivity contribution in [1.82, 2.24) is 0 Å². The highest BCUT2D eigenvalue weighted by atomic mass is 16.3. The number of benzene rings is 1. The first kappa shape index (κ1) is 11.2. The molecule has 14 heavy (non-hydrogen) atoms. The Morgan fingerprint density at radius 3 is 2.43 bits per heavy atom. The quantitative estimate of drug-likeness (QED) is 0.765. The number of rotatable bonds is 3. The molecule has 2 nitrogen and oxygen atoms in total. The molecule has 0 saturated heterocycles. The van der Waals surface area contributed by atoms with Crippen molar-refractivity contribution in [3.05, 3.63) is 34.9 Å². The zero-order chi connectivity index (χ0) is 10.8. The fourth-order valence-electron chi connectivity index (χ4n) is 1.43. The molecule has 1 rings (SSSR count). The van der Waals surface area contributed by atoms with Gasteiger partial charge in [-0.1, -0.05) is 18.2 Å². The van der Waals surface area contributed by atoms with E-state index in [0.717, 1.165) is 5.56 Å². The van der Waals surface area contributed by atoms with Crippen LogP contribution in [-0.2, 0) is 6.42 Å². The van der Waals surface area contributed by atoms with Gasteiger partial charge < -0.3 is 10.8 Å². The topological polar surface area (TPSA) is 46.2 Å².